The van der Waals surface area contributed by atoms with E-state index in [-0.39, 0.29) is 5.56 Å². The van der Waals surface area contributed by atoms with E-state index < -0.39 is 5.97 Å². The first kappa shape index (κ1) is 11.9. The molecular weight excluding hydrogens is 232 g/mol. The molecule has 0 heterocycles. The van der Waals surface area contributed by atoms with Gasteiger partial charge in [0.2, 0.25) is 0 Å². The Balaban J connectivity index is 2.61. The SMILES string of the molecule is O=COc1ccccc1-c1ccccc1C(=O)O. The zero-order valence-corrected chi connectivity index (χ0v) is 9.37. The third-order valence-corrected chi connectivity index (χ3v) is 2.51. The van der Waals surface area contributed by atoms with E-state index in [1.165, 1.54) is 6.07 Å². The predicted molar refractivity (Wildman–Crippen MR) is 65.5 cm³/mol. The Morgan fingerprint density at radius 3 is 2.28 bits per heavy atom. The minimum Gasteiger partial charge on any atom is -0.478 e. The van der Waals surface area contributed by atoms with Crippen molar-refractivity contribution in [3.63, 3.8) is 0 Å². The van der Waals surface area contributed by atoms with Crippen LogP contribution in [0.5, 0.6) is 5.75 Å². The van der Waals surface area contributed by atoms with E-state index in [1.807, 2.05) is 0 Å². The molecule has 0 aliphatic rings. The normalized spacial score (nSPS) is 9.78. The third kappa shape index (κ3) is 2.22. The molecule has 0 saturated carbocycles. The topological polar surface area (TPSA) is 63.6 Å². The summed E-state index contributed by atoms with van der Waals surface area (Å²) >= 11 is 0. The Kier molecular flexibility index (Phi) is 3.38. The molecular formula is C14H10O4. The van der Waals surface area contributed by atoms with Crippen LogP contribution in [-0.4, -0.2) is 17.5 Å². The molecule has 0 amide bonds. The van der Waals surface area contributed by atoms with E-state index in [9.17, 15) is 9.59 Å². The Bertz CT molecular complexity index is 590. The monoisotopic (exact) mass is 242 g/mol. The van der Waals surface area contributed by atoms with E-state index >= 15 is 0 Å². The van der Waals surface area contributed by atoms with Crippen LogP contribution in [0.15, 0.2) is 48.5 Å². The Hall–Kier alpha value is -2.62. The van der Waals surface area contributed by atoms with E-state index in [0.29, 0.717) is 23.3 Å². The summed E-state index contributed by atoms with van der Waals surface area (Å²) in [5.41, 5.74) is 1.25. The molecule has 1 N–H and O–H groups in total. The maximum Gasteiger partial charge on any atom is 0.336 e. The number of para-hydroxylation sites is 1. The van der Waals surface area contributed by atoms with Crippen LogP contribution in [0.3, 0.4) is 0 Å². The van der Waals surface area contributed by atoms with Gasteiger partial charge >= 0.3 is 5.97 Å². The molecule has 2 rings (SSSR count). The van der Waals surface area contributed by atoms with Crippen molar-refractivity contribution in [3.05, 3.63) is 54.1 Å². The Morgan fingerprint density at radius 2 is 1.61 bits per heavy atom. The largest absolute Gasteiger partial charge is 0.478 e. The van der Waals surface area contributed by atoms with E-state index in [1.54, 1.807) is 42.5 Å². The molecule has 0 aromatic heterocycles. The zero-order chi connectivity index (χ0) is 13.0. The van der Waals surface area contributed by atoms with Crippen molar-refractivity contribution in [1.82, 2.24) is 0 Å². The summed E-state index contributed by atoms with van der Waals surface area (Å²) in [7, 11) is 0. The van der Waals surface area contributed by atoms with Crippen molar-refractivity contribution in [2.45, 2.75) is 0 Å². The predicted octanol–water partition coefficient (Wildman–Crippen LogP) is 2.59. The summed E-state index contributed by atoms with van der Waals surface area (Å²) in [5, 5.41) is 9.14. The van der Waals surface area contributed by atoms with Gasteiger partial charge in [0, 0.05) is 5.56 Å². The second-order valence-electron chi connectivity index (χ2n) is 3.56. The van der Waals surface area contributed by atoms with Gasteiger partial charge < -0.3 is 9.84 Å². The summed E-state index contributed by atoms with van der Waals surface area (Å²) in [6.07, 6.45) is 0. The molecule has 0 bridgehead atoms. The lowest BCUT2D eigenvalue weighted by Crippen LogP contribution is -2.00. The molecule has 18 heavy (non-hydrogen) atoms. The number of hydrogen-bond acceptors (Lipinski definition) is 3. The third-order valence-electron chi connectivity index (χ3n) is 2.51. The number of ether oxygens (including phenoxy) is 1. The van der Waals surface area contributed by atoms with Crippen molar-refractivity contribution in [1.29, 1.82) is 0 Å². The van der Waals surface area contributed by atoms with Gasteiger partial charge in [-0.15, -0.1) is 0 Å². The van der Waals surface area contributed by atoms with E-state index in [0.717, 1.165) is 0 Å². The minimum absolute atomic E-state index is 0.166. The standard InChI is InChI=1S/C14H10O4/c15-9-18-13-8-4-3-6-11(13)10-5-1-2-7-12(10)14(16)17/h1-9H,(H,16,17). The molecule has 4 nitrogen and oxygen atoms in total. The summed E-state index contributed by atoms with van der Waals surface area (Å²) < 4.78 is 4.85. The maximum absolute atomic E-state index is 11.2. The first-order valence-electron chi connectivity index (χ1n) is 5.26. The van der Waals surface area contributed by atoms with Gasteiger partial charge in [0.1, 0.15) is 5.75 Å². The second kappa shape index (κ2) is 5.14. The van der Waals surface area contributed by atoms with Crippen LogP contribution in [0, 0.1) is 0 Å². The lowest BCUT2D eigenvalue weighted by Gasteiger charge is -2.09. The number of carboxylic acids is 1. The van der Waals surface area contributed by atoms with Crippen molar-refractivity contribution in [3.8, 4) is 16.9 Å². The molecule has 0 atom stereocenters. The lowest BCUT2D eigenvalue weighted by molar-refractivity contribution is -0.120. The first-order valence-corrected chi connectivity index (χ1v) is 5.26. The Morgan fingerprint density at radius 1 is 1.00 bits per heavy atom. The number of hydrogen-bond donors (Lipinski definition) is 1. The molecule has 0 fully saturated rings. The lowest BCUT2D eigenvalue weighted by atomic mass is 9.99. The van der Waals surface area contributed by atoms with Crippen LogP contribution in [0.1, 0.15) is 10.4 Å². The minimum atomic E-state index is -1.02. The van der Waals surface area contributed by atoms with Gasteiger partial charge in [-0.2, -0.15) is 0 Å². The molecule has 0 aliphatic heterocycles. The average molecular weight is 242 g/mol. The Labute approximate surface area is 103 Å². The van der Waals surface area contributed by atoms with Crippen molar-refractivity contribution in [2.24, 2.45) is 0 Å². The summed E-state index contributed by atoms with van der Waals surface area (Å²) in [6, 6.07) is 13.4. The second-order valence-corrected chi connectivity index (χ2v) is 3.56. The van der Waals surface area contributed by atoms with Gasteiger partial charge in [-0.3, -0.25) is 4.79 Å². The number of benzene rings is 2. The number of rotatable bonds is 4. The van der Waals surface area contributed by atoms with Gasteiger partial charge in [0.15, 0.2) is 0 Å². The smallest absolute Gasteiger partial charge is 0.336 e. The first-order chi connectivity index (χ1) is 8.74. The number of carbonyl (C=O) groups excluding carboxylic acids is 1. The van der Waals surface area contributed by atoms with Crippen LogP contribution < -0.4 is 4.74 Å². The van der Waals surface area contributed by atoms with Gasteiger partial charge in [-0.1, -0.05) is 36.4 Å². The maximum atomic E-state index is 11.2. The van der Waals surface area contributed by atoms with E-state index in [2.05, 4.69) is 0 Å². The number of aromatic carboxylic acids is 1. The fourth-order valence-corrected chi connectivity index (χ4v) is 1.75. The highest BCUT2D eigenvalue weighted by molar-refractivity contribution is 5.97. The van der Waals surface area contributed by atoms with Gasteiger partial charge in [-0.05, 0) is 17.7 Å². The molecule has 0 aliphatic carbocycles. The average Bonchev–Trinajstić information content (AvgIpc) is 2.40. The fraction of sp³-hybridized carbons (Fsp3) is 0. The summed E-state index contributed by atoms with van der Waals surface area (Å²) in [5.74, 6) is -0.687. The van der Waals surface area contributed by atoms with Gasteiger partial charge in [0.05, 0.1) is 5.56 Å². The van der Waals surface area contributed by atoms with Crippen molar-refractivity contribution in [2.75, 3.05) is 0 Å². The molecule has 4 heteroatoms. The number of carboxylic acid groups (broad SMARTS) is 1. The zero-order valence-electron chi connectivity index (χ0n) is 9.37. The highest BCUT2D eigenvalue weighted by Gasteiger charge is 2.14. The highest BCUT2D eigenvalue weighted by Crippen LogP contribution is 2.31. The van der Waals surface area contributed by atoms with Crippen LogP contribution in [0.2, 0.25) is 0 Å². The summed E-state index contributed by atoms with van der Waals surface area (Å²) in [6.45, 7) is 0.322. The molecule has 0 spiro atoms. The molecule has 0 saturated heterocycles. The highest BCUT2D eigenvalue weighted by atomic mass is 16.5. The molecule has 0 radical (unpaired) electrons. The van der Waals surface area contributed by atoms with Gasteiger partial charge in [-0.25, -0.2) is 4.79 Å². The fourth-order valence-electron chi connectivity index (χ4n) is 1.75. The van der Waals surface area contributed by atoms with Crippen LogP contribution in [0.25, 0.3) is 11.1 Å². The molecule has 90 valence electrons. The molecule has 0 unspecified atom stereocenters. The number of carbonyl (C=O) groups is 2. The van der Waals surface area contributed by atoms with E-state index in [4.69, 9.17) is 9.84 Å². The molecule has 2 aromatic rings. The van der Waals surface area contributed by atoms with Crippen LogP contribution >= 0.6 is 0 Å². The quantitative estimate of drug-likeness (QED) is 0.837. The van der Waals surface area contributed by atoms with Crippen molar-refractivity contribution >= 4 is 12.4 Å². The summed E-state index contributed by atoms with van der Waals surface area (Å²) in [4.78, 5) is 21.6. The van der Waals surface area contributed by atoms with Crippen LogP contribution in [0.4, 0.5) is 0 Å². The molecule has 2 aromatic carbocycles. The van der Waals surface area contributed by atoms with Crippen LogP contribution in [-0.2, 0) is 4.79 Å². The van der Waals surface area contributed by atoms with Gasteiger partial charge in [0.25, 0.3) is 6.47 Å². The van der Waals surface area contributed by atoms with Crippen molar-refractivity contribution < 1.29 is 19.4 Å².